The third kappa shape index (κ3) is 2.42. The molecular weight excluding hydrogens is 288 g/mol. The zero-order valence-corrected chi connectivity index (χ0v) is 13.2. The number of piperidine rings is 1. The molecule has 2 aromatic heterocycles. The Morgan fingerprint density at radius 1 is 1.09 bits per heavy atom. The lowest BCUT2D eigenvalue weighted by atomic mass is 9.93. The average Bonchev–Trinajstić information content (AvgIpc) is 3.01. The van der Waals surface area contributed by atoms with Crippen molar-refractivity contribution in [2.75, 3.05) is 18.0 Å². The summed E-state index contributed by atoms with van der Waals surface area (Å²) >= 11 is 0. The second-order valence-electron chi connectivity index (χ2n) is 6.14. The number of aryl methyl sites for hydroxylation is 1. The van der Waals surface area contributed by atoms with Gasteiger partial charge in [-0.05, 0) is 31.0 Å². The second kappa shape index (κ2) is 5.57. The van der Waals surface area contributed by atoms with E-state index >= 15 is 0 Å². The number of fused-ring (bicyclic) bond motifs is 1. The van der Waals surface area contributed by atoms with Gasteiger partial charge in [-0.1, -0.05) is 12.1 Å². The fraction of sp³-hybridized carbons (Fsp3) is 0.333. The summed E-state index contributed by atoms with van der Waals surface area (Å²) in [5.74, 6) is 0.814. The quantitative estimate of drug-likeness (QED) is 0.790. The Morgan fingerprint density at radius 3 is 2.65 bits per heavy atom. The van der Waals surface area contributed by atoms with Gasteiger partial charge in [0, 0.05) is 55.2 Å². The first kappa shape index (κ1) is 14.1. The number of aromatic nitrogens is 3. The number of rotatable bonds is 2. The molecule has 0 radical (unpaired) electrons. The molecule has 0 atom stereocenters. The fourth-order valence-corrected chi connectivity index (χ4v) is 3.62. The number of benzene rings is 1. The molecule has 1 saturated heterocycles. The molecule has 0 amide bonds. The van der Waals surface area contributed by atoms with E-state index in [2.05, 4.69) is 21.0 Å². The van der Waals surface area contributed by atoms with Crippen LogP contribution in [0.2, 0.25) is 0 Å². The van der Waals surface area contributed by atoms with Crippen LogP contribution in [0.3, 0.4) is 0 Å². The summed E-state index contributed by atoms with van der Waals surface area (Å²) in [5.41, 5.74) is 3.16. The molecule has 0 spiro atoms. The standard InChI is InChI=1S/C18H20N4O/c1-21-15(6-10-20-21)13-7-11-22(12-8-13)16-5-9-19-18-14(16)3-2-4-17(18)23/h2-6,9-10,13,23H,7-8,11-12H2,1H3. The van der Waals surface area contributed by atoms with Crippen LogP contribution in [0.15, 0.2) is 42.7 Å². The predicted octanol–water partition coefficient (Wildman–Crippen LogP) is 3.06. The van der Waals surface area contributed by atoms with Crippen LogP contribution in [-0.4, -0.2) is 33.0 Å². The van der Waals surface area contributed by atoms with Crippen molar-refractivity contribution in [3.05, 3.63) is 48.4 Å². The average molecular weight is 308 g/mol. The molecule has 1 N–H and O–H groups in total. The zero-order valence-electron chi connectivity index (χ0n) is 13.2. The van der Waals surface area contributed by atoms with Crippen molar-refractivity contribution in [1.29, 1.82) is 0 Å². The van der Waals surface area contributed by atoms with E-state index in [1.165, 1.54) is 5.69 Å². The molecule has 5 heteroatoms. The highest BCUT2D eigenvalue weighted by Crippen LogP contribution is 2.34. The molecule has 5 nitrogen and oxygen atoms in total. The lowest BCUT2D eigenvalue weighted by molar-refractivity contribution is 0.477. The van der Waals surface area contributed by atoms with Crippen LogP contribution >= 0.6 is 0 Å². The van der Waals surface area contributed by atoms with E-state index in [9.17, 15) is 5.11 Å². The molecule has 1 aromatic carbocycles. The molecule has 0 aliphatic carbocycles. The maximum Gasteiger partial charge on any atom is 0.141 e. The number of para-hydroxylation sites is 1. The van der Waals surface area contributed by atoms with Crippen molar-refractivity contribution >= 4 is 16.6 Å². The Balaban J connectivity index is 1.60. The molecule has 1 aliphatic rings. The van der Waals surface area contributed by atoms with Gasteiger partial charge in [0.15, 0.2) is 0 Å². The molecule has 23 heavy (non-hydrogen) atoms. The lowest BCUT2D eigenvalue weighted by Gasteiger charge is -2.34. The van der Waals surface area contributed by atoms with Gasteiger partial charge in [0.05, 0.1) is 0 Å². The van der Waals surface area contributed by atoms with Gasteiger partial charge in [-0.3, -0.25) is 9.67 Å². The van der Waals surface area contributed by atoms with Crippen LogP contribution in [0.25, 0.3) is 10.9 Å². The Bertz CT molecular complexity index is 834. The first-order valence-corrected chi connectivity index (χ1v) is 8.03. The number of nitrogens with zero attached hydrogens (tertiary/aromatic N) is 4. The monoisotopic (exact) mass is 308 g/mol. The SMILES string of the molecule is Cn1nccc1C1CCN(c2ccnc3c(O)cccc23)CC1. The smallest absolute Gasteiger partial charge is 0.141 e. The maximum absolute atomic E-state index is 10.0. The number of phenolic OH excluding ortho intramolecular Hbond substituents is 1. The van der Waals surface area contributed by atoms with E-state index in [0.717, 1.165) is 37.0 Å². The van der Waals surface area contributed by atoms with Gasteiger partial charge in [0.2, 0.25) is 0 Å². The van der Waals surface area contributed by atoms with Gasteiger partial charge in [0.25, 0.3) is 0 Å². The van der Waals surface area contributed by atoms with Crippen LogP contribution in [0.4, 0.5) is 5.69 Å². The maximum atomic E-state index is 10.0. The summed E-state index contributed by atoms with van der Waals surface area (Å²) in [6.45, 7) is 2.01. The number of aromatic hydroxyl groups is 1. The van der Waals surface area contributed by atoms with Crippen LogP contribution < -0.4 is 4.90 Å². The molecule has 0 saturated carbocycles. The Kier molecular flexibility index (Phi) is 3.41. The normalized spacial score (nSPS) is 16.1. The van der Waals surface area contributed by atoms with Gasteiger partial charge in [-0.2, -0.15) is 5.10 Å². The number of hydrogen-bond donors (Lipinski definition) is 1. The van der Waals surface area contributed by atoms with Crippen LogP contribution in [-0.2, 0) is 7.05 Å². The summed E-state index contributed by atoms with van der Waals surface area (Å²) in [6.07, 6.45) is 5.88. The van der Waals surface area contributed by atoms with Crippen LogP contribution in [0.1, 0.15) is 24.5 Å². The predicted molar refractivity (Wildman–Crippen MR) is 90.8 cm³/mol. The highest BCUT2D eigenvalue weighted by Gasteiger charge is 2.23. The topological polar surface area (TPSA) is 54.2 Å². The second-order valence-corrected chi connectivity index (χ2v) is 6.14. The number of hydrogen-bond acceptors (Lipinski definition) is 4. The molecule has 3 heterocycles. The van der Waals surface area contributed by atoms with E-state index < -0.39 is 0 Å². The van der Waals surface area contributed by atoms with Crippen molar-refractivity contribution < 1.29 is 5.11 Å². The van der Waals surface area contributed by atoms with E-state index in [0.29, 0.717) is 11.4 Å². The van der Waals surface area contributed by atoms with Crippen LogP contribution in [0, 0.1) is 0 Å². The molecule has 118 valence electrons. The van der Waals surface area contributed by atoms with Crippen LogP contribution in [0.5, 0.6) is 5.75 Å². The minimum atomic E-state index is 0.245. The molecular formula is C18H20N4O. The Hall–Kier alpha value is -2.56. The van der Waals surface area contributed by atoms with Crippen molar-refractivity contribution in [3.8, 4) is 5.75 Å². The molecule has 4 rings (SSSR count). The number of pyridine rings is 1. The van der Waals surface area contributed by atoms with Crippen molar-refractivity contribution in [1.82, 2.24) is 14.8 Å². The summed E-state index contributed by atoms with van der Waals surface area (Å²) in [5, 5.41) is 15.3. The lowest BCUT2D eigenvalue weighted by Crippen LogP contribution is -2.33. The first-order chi connectivity index (χ1) is 11.2. The highest BCUT2D eigenvalue weighted by atomic mass is 16.3. The van der Waals surface area contributed by atoms with Crippen molar-refractivity contribution in [3.63, 3.8) is 0 Å². The minimum Gasteiger partial charge on any atom is -0.506 e. The van der Waals surface area contributed by atoms with E-state index in [1.54, 1.807) is 12.3 Å². The first-order valence-electron chi connectivity index (χ1n) is 8.03. The third-order valence-corrected chi connectivity index (χ3v) is 4.84. The number of anilines is 1. The van der Waals surface area contributed by atoms with Gasteiger partial charge >= 0.3 is 0 Å². The minimum absolute atomic E-state index is 0.245. The summed E-state index contributed by atoms with van der Waals surface area (Å²) in [6, 6.07) is 9.77. The molecule has 0 unspecified atom stereocenters. The third-order valence-electron chi connectivity index (χ3n) is 4.84. The van der Waals surface area contributed by atoms with Gasteiger partial charge < -0.3 is 10.0 Å². The van der Waals surface area contributed by atoms with Crippen molar-refractivity contribution in [2.45, 2.75) is 18.8 Å². The van der Waals surface area contributed by atoms with E-state index in [1.807, 2.05) is 36.1 Å². The molecule has 0 bridgehead atoms. The molecule has 3 aromatic rings. The van der Waals surface area contributed by atoms with E-state index in [4.69, 9.17) is 0 Å². The Labute approximate surface area is 135 Å². The number of phenols is 1. The summed E-state index contributed by atoms with van der Waals surface area (Å²) in [4.78, 5) is 6.71. The fourth-order valence-electron chi connectivity index (χ4n) is 3.62. The van der Waals surface area contributed by atoms with Gasteiger partial charge in [-0.25, -0.2) is 0 Å². The van der Waals surface area contributed by atoms with Gasteiger partial charge in [0.1, 0.15) is 11.3 Å². The highest BCUT2D eigenvalue weighted by molar-refractivity contribution is 5.94. The van der Waals surface area contributed by atoms with Gasteiger partial charge in [-0.15, -0.1) is 0 Å². The van der Waals surface area contributed by atoms with Crippen molar-refractivity contribution in [2.24, 2.45) is 7.05 Å². The Morgan fingerprint density at radius 2 is 1.91 bits per heavy atom. The summed E-state index contributed by atoms with van der Waals surface area (Å²) < 4.78 is 1.99. The molecule has 1 aliphatic heterocycles. The largest absolute Gasteiger partial charge is 0.506 e. The zero-order chi connectivity index (χ0) is 15.8. The van der Waals surface area contributed by atoms with E-state index in [-0.39, 0.29) is 5.75 Å². The molecule has 1 fully saturated rings. The summed E-state index contributed by atoms with van der Waals surface area (Å²) in [7, 11) is 2.01.